The summed E-state index contributed by atoms with van der Waals surface area (Å²) in [7, 11) is 0. The van der Waals surface area contributed by atoms with Crippen LogP contribution in [0.1, 0.15) is 13.3 Å². The zero-order chi connectivity index (χ0) is 10.6. The van der Waals surface area contributed by atoms with Crippen LogP contribution in [0.3, 0.4) is 0 Å². The number of rotatable bonds is 5. The molecule has 0 spiro atoms. The van der Waals surface area contributed by atoms with Gasteiger partial charge in [0, 0.05) is 13.0 Å². The van der Waals surface area contributed by atoms with E-state index in [1.165, 1.54) is 4.90 Å². The molecule has 3 N–H and O–H groups in total. The minimum atomic E-state index is -0.452. The second kappa shape index (κ2) is 4.95. The SMILES string of the molecule is CCN(CC(N)=O)C(=O)CC1CNC1. The molecule has 0 radical (unpaired) electrons. The van der Waals surface area contributed by atoms with Crippen molar-refractivity contribution in [1.82, 2.24) is 10.2 Å². The van der Waals surface area contributed by atoms with Crippen molar-refractivity contribution in [2.45, 2.75) is 13.3 Å². The minimum absolute atomic E-state index is 0.0257. The molecule has 1 aliphatic rings. The van der Waals surface area contributed by atoms with E-state index >= 15 is 0 Å². The van der Waals surface area contributed by atoms with Crippen molar-refractivity contribution in [3.05, 3.63) is 0 Å². The third-order valence-electron chi connectivity index (χ3n) is 2.41. The molecule has 1 aliphatic heterocycles. The van der Waals surface area contributed by atoms with Gasteiger partial charge >= 0.3 is 0 Å². The molecule has 1 saturated heterocycles. The zero-order valence-corrected chi connectivity index (χ0v) is 8.45. The first kappa shape index (κ1) is 11.0. The van der Waals surface area contributed by atoms with Crippen LogP contribution in [-0.4, -0.2) is 42.9 Å². The lowest BCUT2D eigenvalue weighted by atomic mass is 9.99. The van der Waals surface area contributed by atoms with Gasteiger partial charge < -0.3 is 16.0 Å². The van der Waals surface area contributed by atoms with Crippen molar-refractivity contribution >= 4 is 11.8 Å². The van der Waals surface area contributed by atoms with Gasteiger partial charge in [0.05, 0.1) is 6.54 Å². The predicted molar refractivity (Wildman–Crippen MR) is 52.4 cm³/mol. The first-order valence-electron chi connectivity index (χ1n) is 4.90. The average molecular weight is 199 g/mol. The number of carbonyl (C=O) groups is 2. The molecule has 0 saturated carbocycles. The number of nitrogens with one attached hydrogen (secondary N) is 1. The summed E-state index contributed by atoms with van der Waals surface area (Å²) in [5.41, 5.74) is 5.04. The number of nitrogens with zero attached hydrogens (tertiary/aromatic N) is 1. The van der Waals surface area contributed by atoms with Gasteiger partial charge in [0.15, 0.2) is 0 Å². The summed E-state index contributed by atoms with van der Waals surface area (Å²) in [5, 5.41) is 3.10. The Morgan fingerprint density at radius 2 is 2.14 bits per heavy atom. The van der Waals surface area contributed by atoms with Gasteiger partial charge in [-0.2, -0.15) is 0 Å². The van der Waals surface area contributed by atoms with Crippen molar-refractivity contribution in [2.24, 2.45) is 11.7 Å². The van der Waals surface area contributed by atoms with Crippen LogP contribution in [0.5, 0.6) is 0 Å². The standard InChI is InChI=1S/C9H17N3O2/c1-2-12(6-8(10)13)9(14)3-7-4-11-5-7/h7,11H,2-6H2,1H3,(H2,10,13). The largest absolute Gasteiger partial charge is 0.368 e. The van der Waals surface area contributed by atoms with Crippen molar-refractivity contribution in [3.8, 4) is 0 Å². The molecule has 0 unspecified atom stereocenters. The van der Waals surface area contributed by atoms with Crippen LogP contribution in [0.25, 0.3) is 0 Å². The van der Waals surface area contributed by atoms with E-state index in [-0.39, 0.29) is 12.5 Å². The number of primary amides is 1. The van der Waals surface area contributed by atoms with Gasteiger partial charge in [-0.1, -0.05) is 0 Å². The number of hydrogen-bond acceptors (Lipinski definition) is 3. The Hall–Kier alpha value is -1.10. The molecule has 1 rings (SSSR count). The van der Waals surface area contributed by atoms with Crippen molar-refractivity contribution in [2.75, 3.05) is 26.2 Å². The van der Waals surface area contributed by atoms with Gasteiger partial charge in [-0.3, -0.25) is 9.59 Å². The summed E-state index contributed by atoms with van der Waals surface area (Å²) in [5.74, 6) is 0.00848. The van der Waals surface area contributed by atoms with Crippen molar-refractivity contribution < 1.29 is 9.59 Å². The summed E-state index contributed by atoms with van der Waals surface area (Å²) in [6.45, 7) is 4.23. The fraction of sp³-hybridized carbons (Fsp3) is 0.778. The van der Waals surface area contributed by atoms with E-state index in [0.29, 0.717) is 18.9 Å². The van der Waals surface area contributed by atoms with Crippen LogP contribution >= 0.6 is 0 Å². The summed E-state index contributed by atoms with van der Waals surface area (Å²) >= 11 is 0. The van der Waals surface area contributed by atoms with E-state index < -0.39 is 5.91 Å². The molecule has 80 valence electrons. The Bertz CT molecular complexity index is 226. The molecular weight excluding hydrogens is 182 g/mol. The molecule has 1 heterocycles. The van der Waals surface area contributed by atoms with Gasteiger partial charge in [0.2, 0.25) is 11.8 Å². The Morgan fingerprint density at radius 3 is 2.50 bits per heavy atom. The Labute approximate surface area is 83.6 Å². The highest BCUT2D eigenvalue weighted by Crippen LogP contribution is 2.10. The number of nitrogens with two attached hydrogens (primary N) is 1. The molecular formula is C9H17N3O2. The minimum Gasteiger partial charge on any atom is -0.368 e. The van der Waals surface area contributed by atoms with E-state index in [9.17, 15) is 9.59 Å². The maximum Gasteiger partial charge on any atom is 0.237 e. The van der Waals surface area contributed by atoms with Gasteiger partial charge in [-0.25, -0.2) is 0 Å². The van der Waals surface area contributed by atoms with Crippen LogP contribution < -0.4 is 11.1 Å². The van der Waals surface area contributed by atoms with Crippen LogP contribution in [0, 0.1) is 5.92 Å². The van der Waals surface area contributed by atoms with E-state index in [2.05, 4.69) is 5.32 Å². The molecule has 2 amide bonds. The number of amides is 2. The van der Waals surface area contributed by atoms with Crippen LogP contribution in [0.2, 0.25) is 0 Å². The fourth-order valence-corrected chi connectivity index (χ4v) is 1.43. The lowest BCUT2D eigenvalue weighted by Crippen LogP contribution is -2.46. The molecule has 5 heteroatoms. The third kappa shape index (κ3) is 2.99. The molecule has 0 bridgehead atoms. The van der Waals surface area contributed by atoms with Crippen LogP contribution in [-0.2, 0) is 9.59 Å². The van der Waals surface area contributed by atoms with Gasteiger partial charge in [-0.15, -0.1) is 0 Å². The highest BCUT2D eigenvalue weighted by atomic mass is 16.2. The number of hydrogen-bond donors (Lipinski definition) is 2. The van der Waals surface area contributed by atoms with Crippen molar-refractivity contribution in [3.63, 3.8) is 0 Å². The van der Waals surface area contributed by atoms with E-state index in [4.69, 9.17) is 5.73 Å². The summed E-state index contributed by atoms with van der Waals surface area (Å²) in [6, 6.07) is 0. The fourth-order valence-electron chi connectivity index (χ4n) is 1.43. The maximum absolute atomic E-state index is 11.6. The monoisotopic (exact) mass is 199 g/mol. The molecule has 1 fully saturated rings. The second-order valence-electron chi connectivity index (χ2n) is 3.60. The van der Waals surface area contributed by atoms with E-state index in [1.807, 2.05) is 6.92 Å². The number of likely N-dealkylation sites (N-methyl/N-ethyl adjacent to an activating group) is 1. The maximum atomic E-state index is 11.6. The lowest BCUT2D eigenvalue weighted by Gasteiger charge is -2.29. The normalized spacial score (nSPS) is 16.1. The first-order valence-corrected chi connectivity index (χ1v) is 4.90. The zero-order valence-electron chi connectivity index (χ0n) is 8.45. The van der Waals surface area contributed by atoms with Gasteiger partial charge in [0.25, 0.3) is 0 Å². The van der Waals surface area contributed by atoms with E-state index in [1.54, 1.807) is 0 Å². The Morgan fingerprint density at radius 1 is 1.50 bits per heavy atom. The molecule has 0 atom stereocenters. The Kier molecular flexibility index (Phi) is 3.88. The van der Waals surface area contributed by atoms with Gasteiger partial charge in [0.1, 0.15) is 0 Å². The Balaban J connectivity index is 2.34. The second-order valence-corrected chi connectivity index (χ2v) is 3.60. The van der Waals surface area contributed by atoms with Crippen molar-refractivity contribution in [1.29, 1.82) is 0 Å². The predicted octanol–water partition coefficient (Wildman–Crippen LogP) is -1.07. The molecule has 0 aromatic rings. The highest BCUT2D eigenvalue weighted by molar-refractivity contribution is 5.83. The quantitative estimate of drug-likeness (QED) is 0.592. The number of carbonyl (C=O) groups excluding carboxylic acids is 2. The molecule has 14 heavy (non-hydrogen) atoms. The highest BCUT2D eigenvalue weighted by Gasteiger charge is 2.23. The summed E-state index contributed by atoms with van der Waals surface area (Å²) in [4.78, 5) is 23.8. The average Bonchev–Trinajstić information content (AvgIpc) is 2.06. The van der Waals surface area contributed by atoms with E-state index in [0.717, 1.165) is 13.1 Å². The summed E-state index contributed by atoms with van der Waals surface area (Å²) < 4.78 is 0. The topological polar surface area (TPSA) is 75.4 Å². The van der Waals surface area contributed by atoms with Crippen LogP contribution in [0.4, 0.5) is 0 Å². The van der Waals surface area contributed by atoms with Gasteiger partial charge in [-0.05, 0) is 25.9 Å². The lowest BCUT2D eigenvalue weighted by molar-refractivity contribution is -0.136. The van der Waals surface area contributed by atoms with Crippen LogP contribution in [0.15, 0.2) is 0 Å². The molecule has 0 aromatic heterocycles. The summed E-state index contributed by atoms with van der Waals surface area (Å²) in [6.07, 6.45) is 0.522. The molecule has 0 aliphatic carbocycles. The smallest absolute Gasteiger partial charge is 0.237 e. The molecule has 0 aromatic carbocycles. The first-order chi connectivity index (χ1) is 6.63. The third-order valence-corrected chi connectivity index (χ3v) is 2.41. The molecule has 5 nitrogen and oxygen atoms in total.